The molecule has 19 heavy (non-hydrogen) atoms. The van der Waals surface area contributed by atoms with E-state index in [9.17, 15) is 9.90 Å². The Bertz CT molecular complexity index is 406. The number of rotatable bonds is 7. The normalized spacial score (nSPS) is 10.0. The molecule has 0 fully saturated rings. The highest BCUT2D eigenvalue weighted by Gasteiger charge is 2.06. The van der Waals surface area contributed by atoms with Crippen molar-refractivity contribution >= 4 is 11.8 Å². The minimum atomic E-state index is -0.496. The van der Waals surface area contributed by atoms with Crippen molar-refractivity contribution in [3.63, 3.8) is 0 Å². The number of phenolic OH excluding ortho intramolecular Hbond substituents is 1. The minimum Gasteiger partial charge on any atom is -0.504 e. The van der Waals surface area contributed by atoms with Crippen LogP contribution in [0.4, 0.5) is 10.5 Å². The Morgan fingerprint density at radius 1 is 1.32 bits per heavy atom. The van der Waals surface area contributed by atoms with Crippen molar-refractivity contribution in [2.24, 2.45) is 0 Å². The summed E-state index contributed by atoms with van der Waals surface area (Å²) in [5.41, 5.74) is 0.521. The molecule has 1 rings (SSSR count). The number of hydrogen-bond acceptors (Lipinski definition) is 4. The van der Waals surface area contributed by atoms with Crippen molar-refractivity contribution in [2.45, 2.75) is 32.6 Å². The van der Waals surface area contributed by atoms with Gasteiger partial charge in [0.2, 0.25) is 0 Å². The van der Waals surface area contributed by atoms with Crippen LogP contribution in [0, 0.1) is 0 Å². The van der Waals surface area contributed by atoms with Crippen LogP contribution in [0.2, 0.25) is 0 Å². The largest absolute Gasteiger partial charge is 0.504 e. The Labute approximate surface area is 113 Å². The summed E-state index contributed by atoms with van der Waals surface area (Å²) >= 11 is 0. The standard InChI is InChI=1S/C14H21NO4/c1-3-4-5-6-9-19-14(17)15-11-7-8-12(16)13(10-11)18-2/h7-8,10,16H,3-6,9H2,1-2H3,(H,15,17). The van der Waals surface area contributed by atoms with Gasteiger partial charge in [0.25, 0.3) is 0 Å². The molecule has 0 aliphatic heterocycles. The predicted octanol–water partition coefficient (Wildman–Crippen LogP) is 3.53. The first-order valence-electron chi connectivity index (χ1n) is 6.48. The SMILES string of the molecule is CCCCCCOC(=O)Nc1ccc(O)c(OC)c1. The quantitative estimate of drug-likeness (QED) is 0.585. The molecular formula is C14H21NO4. The van der Waals surface area contributed by atoms with Crippen LogP contribution in [-0.4, -0.2) is 24.9 Å². The zero-order valence-electron chi connectivity index (χ0n) is 11.4. The third-order valence-electron chi connectivity index (χ3n) is 2.66. The highest BCUT2D eigenvalue weighted by molar-refractivity contribution is 5.85. The van der Waals surface area contributed by atoms with Gasteiger partial charge in [0.1, 0.15) is 0 Å². The van der Waals surface area contributed by atoms with Crippen LogP contribution in [0.1, 0.15) is 32.6 Å². The number of nitrogens with one attached hydrogen (secondary N) is 1. The highest BCUT2D eigenvalue weighted by atomic mass is 16.5. The van der Waals surface area contributed by atoms with Crippen molar-refractivity contribution in [1.82, 2.24) is 0 Å². The number of ether oxygens (including phenoxy) is 2. The van der Waals surface area contributed by atoms with E-state index in [-0.39, 0.29) is 5.75 Å². The molecule has 0 aromatic heterocycles. The number of benzene rings is 1. The fraction of sp³-hybridized carbons (Fsp3) is 0.500. The number of anilines is 1. The predicted molar refractivity (Wildman–Crippen MR) is 73.8 cm³/mol. The molecule has 0 unspecified atom stereocenters. The van der Waals surface area contributed by atoms with E-state index < -0.39 is 6.09 Å². The van der Waals surface area contributed by atoms with Crippen LogP contribution in [0.3, 0.4) is 0 Å². The second kappa shape index (κ2) is 8.24. The number of carbonyl (C=O) groups is 1. The second-order valence-electron chi connectivity index (χ2n) is 4.21. The maximum atomic E-state index is 11.5. The van der Waals surface area contributed by atoms with Crippen LogP contribution in [0.15, 0.2) is 18.2 Å². The third-order valence-corrected chi connectivity index (χ3v) is 2.66. The number of phenols is 1. The number of aromatic hydroxyl groups is 1. The Hall–Kier alpha value is -1.91. The molecule has 0 saturated carbocycles. The van der Waals surface area contributed by atoms with Crippen molar-refractivity contribution in [3.05, 3.63) is 18.2 Å². The lowest BCUT2D eigenvalue weighted by Gasteiger charge is -2.09. The molecule has 0 radical (unpaired) electrons. The smallest absolute Gasteiger partial charge is 0.411 e. The Morgan fingerprint density at radius 2 is 2.11 bits per heavy atom. The summed E-state index contributed by atoms with van der Waals surface area (Å²) < 4.78 is 9.99. The lowest BCUT2D eigenvalue weighted by molar-refractivity contribution is 0.159. The fourth-order valence-corrected chi connectivity index (χ4v) is 1.60. The third kappa shape index (κ3) is 5.50. The number of amides is 1. The van der Waals surface area contributed by atoms with Gasteiger partial charge in [-0.3, -0.25) is 5.32 Å². The Morgan fingerprint density at radius 3 is 2.79 bits per heavy atom. The van der Waals surface area contributed by atoms with E-state index in [1.807, 2.05) is 0 Å². The Kier molecular flexibility index (Phi) is 6.57. The first-order chi connectivity index (χ1) is 9.17. The van der Waals surface area contributed by atoms with Crippen molar-refractivity contribution in [2.75, 3.05) is 19.0 Å². The first kappa shape index (κ1) is 15.1. The summed E-state index contributed by atoms with van der Waals surface area (Å²) in [5.74, 6) is 0.335. The molecule has 0 spiro atoms. The zero-order valence-corrected chi connectivity index (χ0v) is 11.4. The summed E-state index contributed by atoms with van der Waals surface area (Å²) in [4.78, 5) is 11.5. The van der Waals surface area contributed by atoms with Crippen LogP contribution < -0.4 is 10.1 Å². The monoisotopic (exact) mass is 267 g/mol. The van der Waals surface area contributed by atoms with Crippen molar-refractivity contribution in [1.29, 1.82) is 0 Å². The van der Waals surface area contributed by atoms with E-state index in [0.717, 1.165) is 25.7 Å². The molecule has 5 nitrogen and oxygen atoms in total. The van der Waals surface area contributed by atoms with Gasteiger partial charge in [-0.15, -0.1) is 0 Å². The minimum absolute atomic E-state index is 0.0287. The van der Waals surface area contributed by atoms with E-state index in [2.05, 4.69) is 12.2 Å². The molecule has 0 atom stereocenters. The number of carbonyl (C=O) groups excluding carboxylic acids is 1. The molecule has 0 aliphatic rings. The molecule has 1 aromatic rings. The highest BCUT2D eigenvalue weighted by Crippen LogP contribution is 2.28. The van der Waals surface area contributed by atoms with E-state index in [0.29, 0.717) is 18.0 Å². The fourth-order valence-electron chi connectivity index (χ4n) is 1.60. The maximum absolute atomic E-state index is 11.5. The van der Waals surface area contributed by atoms with Gasteiger partial charge >= 0.3 is 6.09 Å². The van der Waals surface area contributed by atoms with Gasteiger partial charge in [-0.05, 0) is 18.6 Å². The molecule has 1 amide bonds. The summed E-state index contributed by atoms with van der Waals surface area (Å²) in [6.07, 6.45) is 3.75. The topological polar surface area (TPSA) is 67.8 Å². The van der Waals surface area contributed by atoms with E-state index in [1.54, 1.807) is 6.07 Å². The summed E-state index contributed by atoms with van der Waals surface area (Å²) in [7, 11) is 1.45. The molecule has 0 heterocycles. The first-order valence-corrected chi connectivity index (χ1v) is 6.48. The van der Waals surface area contributed by atoms with Crippen molar-refractivity contribution in [3.8, 4) is 11.5 Å². The van der Waals surface area contributed by atoms with E-state index in [4.69, 9.17) is 9.47 Å². The zero-order chi connectivity index (χ0) is 14.1. The van der Waals surface area contributed by atoms with Crippen LogP contribution >= 0.6 is 0 Å². The average Bonchev–Trinajstić information content (AvgIpc) is 2.40. The summed E-state index contributed by atoms with van der Waals surface area (Å²) in [6.45, 7) is 2.55. The maximum Gasteiger partial charge on any atom is 0.411 e. The average molecular weight is 267 g/mol. The van der Waals surface area contributed by atoms with Gasteiger partial charge in [-0.25, -0.2) is 4.79 Å². The van der Waals surface area contributed by atoms with Gasteiger partial charge in [-0.1, -0.05) is 26.2 Å². The summed E-state index contributed by atoms with van der Waals surface area (Å²) in [5, 5.41) is 12.0. The van der Waals surface area contributed by atoms with Crippen LogP contribution in [0.5, 0.6) is 11.5 Å². The Balaban J connectivity index is 2.35. The molecular weight excluding hydrogens is 246 g/mol. The van der Waals surface area contributed by atoms with E-state index in [1.165, 1.54) is 19.2 Å². The van der Waals surface area contributed by atoms with Gasteiger partial charge in [0.15, 0.2) is 11.5 Å². The summed E-state index contributed by atoms with van der Waals surface area (Å²) in [6, 6.07) is 4.57. The molecule has 0 saturated heterocycles. The molecule has 106 valence electrons. The van der Waals surface area contributed by atoms with Gasteiger partial charge in [0, 0.05) is 11.8 Å². The van der Waals surface area contributed by atoms with Crippen molar-refractivity contribution < 1.29 is 19.4 Å². The number of hydrogen-bond donors (Lipinski definition) is 2. The van der Waals surface area contributed by atoms with Gasteiger partial charge < -0.3 is 14.6 Å². The second-order valence-corrected chi connectivity index (χ2v) is 4.21. The molecule has 2 N–H and O–H groups in total. The molecule has 1 aromatic carbocycles. The van der Waals surface area contributed by atoms with Gasteiger partial charge in [0.05, 0.1) is 13.7 Å². The van der Waals surface area contributed by atoms with Crippen LogP contribution in [-0.2, 0) is 4.74 Å². The molecule has 5 heteroatoms. The van der Waals surface area contributed by atoms with E-state index >= 15 is 0 Å². The molecule has 0 aliphatic carbocycles. The van der Waals surface area contributed by atoms with Gasteiger partial charge in [-0.2, -0.15) is 0 Å². The van der Waals surface area contributed by atoms with Crippen LogP contribution in [0.25, 0.3) is 0 Å². The number of unbranched alkanes of at least 4 members (excludes halogenated alkanes) is 3. The number of methoxy groups -OCH3 is 1. The lowest BCUT2D eigenvalue weighted by Crippen LogP contribution is -2.14. The lowest BCUT2D eigenvalue weighted by atomic mass is 10.2. The molecule has 0 bridgehead atoms.